The molecule has 1 saturated carbocycles. The minimum Gasteiger partial charge on any atom is -0.355 e. The molecule has 2 aliphatic rings. The number of amides is 2. The fourth-order valence-electron chi connectivity index (χ4n) is 3.69. The Balaban J connectivity index is 1.29. The van der Waals surface area contributed by atoms with Crippen molar-refractivity contribution in [2.45, 2.75) is 38.0 Å². The normalized spacial score (nSPS) is 19.2. The van der Waals surface area contributed by atoms with Crippen molar-refractivity contribution in [2.24, 2.45) is 5.92 Å². The van der Waals surface area contributed by atoms with Crippen molar-refractivity contribution in [1.29, 1.82) is 0 Å². The van der Waals surface area contributed by atoms with Gasteiger partial charge in [-0.25, -0.2) is 4.98 Å². The minimum absolute atomic E-state index is 0.0271. The zero-order chi connectivity index (χ0) is 20.9. The average molecular weight is 444 g/mol. The van der Waals surface area contributed by atoms with Crippen LogP contribution in [0, 0.1) is 5.92 Å². The topological polar surface area (TPSA) is 62.3 Å². The van der Waals surface area contributed by atoms with Crippen molar-refractivity contribution in [1.82, 2.24) is 15.2 Å². The van der Waals surface area contributed by atoms with Gasteiger partial charge >= 0.3 is 0 Å². The number of nitrogens with zero attached hydrogens (tertiary/aromatic N) is 2. The van der Waals surface area contributed by atoms with Crippen LogP contribution in [0.25, 0.3) is 6.08 Å². The Morgan fingerprint density at radius 3 is 2.97 bits per heavy atom. The van der Waals surface area contributed by atoms with Crippen LogP contribution >= 0.6 is 22.9 Å². The Morgan fingerprint density at radius 1 is 1.30 bits per heavy atom. The standard InChI is InChI=1S/C23H26ClN3O2S/c24-19-5-1-3-16(13-19)6-9-21(28)27-12-2-4-18(14-27)23-26-20(15-30-23)10-11-25-22(29)17-7-8-17/h1,3,5-6,9,13,15,17-18H,2,4,7-8,10-12,14H2,(H,25,29)/b9-6+/t18-/m0/s1. The number of nitrogens with one attached hydrogen (secondary N) is 1. The Labute approximate surface area is 186 Å². The highest BCUT2D eigenvalue weighted by Crippen LogP contribution is 2.30. The molecule has 1 saturated heterocycles. The SMILES string of the molecule is O=C(NCCc1csc([C@H]2CCCN(C(=O)/C=C/c3cccc(Cl)c3)C2)n1)C1CC1. The summed E-state index contributed by atoms with van der Waals surface area (Å²) < 4.78 is 0. The number of carbonyl (C=O) groups is 2. The summed E-state index contributed by atoms with van der Waals surface area (Å²) in [5, 5.41) is 6.83. The molecular formula is C23H26ClN3O2S. The van der Waals surface area contributed by atoms with Crippen LogP contribution in [0.2, 0.25) is 5.02 Å². The van der Waals surface area contributed by atoms with E-state index in [0.29, 0.717) is 18.1 Å². The second-order valence-electron chi connectivity index (χ2n) is 8.00. The maximum absolute atomic E-state index is 12.7. The van der Waals surface area contributed by atoms with Crippen LogP contribution in [0.5, 0.6) is 0 Å². The number of rotatable bonds is 7. The minimum atomic E-state index is 0.0271. The molecule has 0 unspecified atom stereocenters. The lowest BCUT2D eigenvalue weighted by molar-refractivity contribution is -0.127. The van der Waals surface area contributed by atoms with Crippen LogP contribution in [0.1, 0.15) is 47.9 Å². The van der Waals surface area contributed by atoms with E-state index in [1.165, 1.54) is 0 Å². The highest BCUT2D eigenvalue weighted by Gasteiger charge is 2.29. The summed E-state index contributed by atoms with van der Waals surface area (Å²) in [6, 6.07) is 7.47. The number of halogens is 1. The lowest BCUT2D eigenvalue weighted by Gasteiger charge is -2.31. The Kier molecular flexibility index (Phi) is 6.85. The molecule has 5 nitrogen and oxygen atoms in total. The summed E-state index contributed by atoms with van der Waals surface area (Å²) in [6.07, 6.45) is 8.28. The summed E-state index contributed by atoms with van der Waals surface area (Å²) in [5.74, 6) is 0.730. The van der Waals surface area contributed by atoms with Crippen molar-refractivity contribution in [3.8, 4) is 0 Å². The molecule has 1 aromatic heterocycles. The maximum Gasteiger partial charge on any atom is 0.246 e. The first-order valence-electron chi connectivity index (χ1n) is 10.5. The highest BCUT2D eigenvalue weighted by molar-refractivity contribution is 7.09. The van der Waals surface area contributed by atoms with E-state index in [1.807, 2.05) is 35.2 Å². The van der Waals surface area contributed by atoms with Crippen LogP contribution < -0.4 is 5.32 Å². The second kappa shape index (κ2) is 9.75. The van der Waals surface area contributed by atoms with E-state index in [2.05, 4.69) is 10.7 Å². The zero-order valence-electron chi connectivity index (χ0n) is 16.9. The van der Waals surface area contributed by atoms with Crippen LogP contribution in [0.4, 0.5) is 0 Å². The molecule has 1 aliphatic carbocycles. The van der Waals surface area contributed by atoms with E-state index in [9.17, 15) is 9.59 Å². The van der Waals surface area contributed by atoms with E-state index in [-0.39, 0.29) is 23.7 Å². The molecule has 30 heavy (non-hydrogen) atoms. The molecule has 1 N–H and O–H groups in total. The van der Waals surface area contributed by atoms with Crippen molar-refractivity contribution in [2.75, 3.05) is 19.6 Å². The Hall–Kier alpha value is -2.18. The molecule has 1 atom stereocenters. The quantitative estimate of drug-likeness (QED) is 0.649. The number of hydrogen-bond donors (Lipinski definition) is 1. The third-order valence-electron chi connectivity index (χ3n) is 5.55. The molecule has 4 rings (SSSR count). The highest BCUT2D eigenvalue weighted by atomic mass is 35.5. The third-order valence-corrected chi connectivity index (χ3v) is 6.84. The number of carbonyl (C=O) groups excluding carboxylic acids is 2. The van der Waals surface area contributed by atoms with Gasteiger partial charge in [0.2, 0.25) is 11.8 Å². The number of thiazole rings is 1. The number of hydrogen-bond acceptors (Lipinski definition) is 4. The molecule has 158 valence electrons. The lowest BCUT2D eigenvalue weighted by atomic mass is 9.98. The summed E-state index contributed by atoms with van der Waals surface area (Å²) in [5.41, 5.74) is 1.94. The monoisotopic (exact) mass is 443 g/mol. The van der Waals surface area contributed by atoms with Gasteiger partial charge in [-0.05, 0) is 49.5 Å². The second-order valence-corrected chi connectivity index (χ2v) is 9.33. The molecule has 2 heterocycles. The fraction of sp³-hybridized carbons (Fsp3) is 0.435. The smallest absolute Gasteiger partial charge is 0.246 e. The fourth-order valence-corrected chi connectivity index (χ4v) is 4.87. The van der Waals surface area contributed by atoms with Crippen molar-refractivity contribution < 1.29 is 9.59 Å². The number of likely N-dealkylation sites (tertiary alicyclic amines) is 1. The van der Waals surface area contributed by atoms with Crippen molar-refractivity contribution in [3.05, 3.63) is 57.0 Å². The summed E-state index contributed by atoms with van der Waals surface area (Å²) >= 11 is 7.67. The first kappa shape index (κ1) is 21.1. The largest absolute Gasteiger partial charge is 0.355 e. The van der Waals surface area contributed by atoms with Crippen LogP contribution in [-0.4, -0.2) is 41.3 Å². The Morgan fingerprint density at radius 2 is 2.17 bits per heavy atom. The van der Waals surface area contributed by atoms with E-state index >= 15 is 0 Å². The van der Waals surface area contributed by atoms with Gasteiger partial charge in [0.05, 0.1) is 10.7 Å². The van der Waals surface area contributed by atoms with Gasteiger partial charge in [-0.2, -0.15) is 0 Å². The molecule has 7 heteroatoms. The number of benzene rings is 1. The van der Waals surface area contributed by atoms with Crippen LogP contribution in [-0.2, 0) is 16.0 Å². The van der Waals surface area contributed by atoms with Gasteiger partial charge in [-0.15, -0.1) is 11.3 Å². The summed E-state index contributed by atoms with van der Waals surface area (Å²) in [6.45, 7) is 2.12. The molecule has 1 aromatic carbocycles. The molecule has 0 spiro atoms. The first-order chi connectivity index (χ1) is 14.6. The zero-order valence-corrected chi connectivity index (χ0v) is 18.4. The lowest BCUT2D eigenvalue weighted by Crippen LogP contribution is -2.38. The van der Waals surface area contributed by atoms with Crippen LogP contribution in [0.15, 0.2) is 35.7 Å². The molecular weight excluding hydrogens is 418 g/mol. The molecule has 0 radical (unpaired) electrons. The van der Waals surface area contributed by atoms with E-state index < -0.39 is 0 Å². The Bertz CT molecular complexity index is 938. The van der Waals surface area contributed by atoms with Gasteiger partial charge in [0, 0.05) is 54.4 Å². The van der Waals surface area contributed by atoms with Gasteiger partial charge in [-0.1, -0.05) is 23.7 Å². The maximum atomic E-state index is 12.7. The van der Waals surface area contributed by atoms with Gasteiger partial charge in [-0.3, -0.25) is 9.59 Å². The summed E-state index contributed by atoms with van der Waals surface area (Å²) in [4.78, 5) is 31.1. The van der Waals surface area contributed by atoms with Gasteiger partial charge < -0.3 is 10.2 Å². The van der Waals surface area contributed by atoms with Crippen molar-refractivity contribution in [3.63, 3.8) is 0 Å². The van der Waals surface area contributed by atoms with Gasteiger partial charge in [0.15, 0.2) is 0 Å². The van der Waals surface area contributed by atoms with E-state index in [4.69, 9.17) is 16.6 Å². The molecule has 1 aliphatic heterocycles. The molecule has 2 fully saturated rings. The average Bonchev–Trinajstić information content (AvgIpc) is 3.51. The third kappa shape index (κ3) is 5.70. The van der Waals surface area contributed by atoms with Gasteiger partial charge in [0.1, 0.15) is 0 Å². The predicted molar refractivity (Wildman–Crippen MR) is 121 cm³/mol. The first-order valence-corrected chi connectivity index (χ1v) is 11.8. The number of piperidine rings is 1. The van der Waals surface area contributed by atoms with E-state index in [0.717, 1.165) is 54.9 Å². The molecule has 0 bridgehead atoms. The van der Waals surface area contributed by atoms with E-state index in [1.54, 1.807) is 17.4 Å². The molecule has 2 aromatic rings. The predicted octanol–water partition coefficient (Wildman–Crippen LogP) is 4.28. The van der Waals surface area contributed by atoms with Gasteiger partial charge in [0.25, 0.3) is 0 Å². The number of aromatic nitrogens is 1. The molecule has 2 amide bonds. The summed E-state index contributed by atoms with van der Waals surface area (Å²) in [7, 11) is 0. The van der Waals surface area contributed by atoms with Crippen LogP contribution in [0.3, 0.4) is 0 Å². The van der Waals surface area contributed by atoms with Crippen molar-refractivity contribution >= 4 is 40.8 Å².